The predicted octanol–water partition coefficient (Wildman–Crippen LogP) is 2.34. The molecule has 2 heteroatoms. The molecule has 0 aliphatic heterocycles. The number of aromatic nitrogens is 2. The molecule has 0 N–H and O–H groups in total. The Kier molecular flexibility index (Phi) is 2.46. The van der Waals surface area contributed by atoms with Gasteiger partial charge >= 0.3 is 0 Å². The molecule has 2 nitrogen and oxygen atoms in total. The second kappa shape index (κ2) is 3.21. The number of rotatable bonds is 1. The quantitative estimate of drug-likeness (QED) is 0.636. The van der Waals surface area contributed by atoms with Crippen molar-refractivity contribution in [2.45, 2.75) is 39.5 Å². The van der Waals surface area contributed by atoms with E-state index >= 15 is 0 Å². The van der Waals surface area contributed by atoms with Crippen LogP contribution in [0.25, 0.3) is 0 Å². The maximum atomic E-state index is 4.11. The number of hydrogen-bond donors (Lipinski definition) is 0. The summed E-state index contributed by atoms with van der Waals surface area (Å²) in [6.07, 6.45) is 2.72. The summed E-state index contributed by atoms with van der Waals surface area (Å²) in [5.74, 6) is 0. The first-order chi connectivity index (χ1) is 5.55. The van der Waals surface area contributed by atoms with Gasteiger partial charge in [0, 0.05) is 6.20 Å². The molecule has 66 valence electrons. The second-order valence-corrected chi connectivity index (χ2v) is 4.00. The maximum Gasteiger partial charge on any atom is 0.0665 e. The third kappa shape index (κ3) is 1.81. The van der Waals surface area contributed by atoms with Gasteiger partial charge in [0.05, 0.1) is 5.69 Å². The zero-order valence-corrected chi connectivity index (χ0v) is 8.26. The van der Waals surface area contributed by atoms with E-state index in [0.717, 1.165) is 12.1 Å². The van der Waals surface area contributed by atoms with Crippen molar-refractivity contribution < 1.29 is 0 Å². The number of nitrogens with zero attached hydrogens (tertiary/aromatic N) is 2. The topological polar surface area (TPSA) is 25.8 Å². The molecule has 1 aromatic heterocycles. The molecule has 0 radical (unpaired) electrons. The summed E-state index contributed by atoms with van der Waals surface area (Å²) in [7, 11) is 0. The van der Waals surface area contributed by atoms with Crippen LogP contribution in [0.1, 0.15) is 39.0 Å². The van der Waals surface area contributed by atoms with Gasteiger partial charge in [0.15, 0.2) is 0 Å². The highest BCUT2D eigenvalue weighted by atomic mass is 15.1. The summed E-state index contributed by atoms with van der Waals surface area (Å²) in [5, 5.41) is 7.99. The van der Waals surface area contributed by atoms with E-state index in [0.29, 0.717) is 0 Å². The van der Waals surface area contributed by atoms with Crippen LogP contribution < -0.4 is 0 Å². The van der Waals surface area contributed by atoms with Crippen LogP contribution in [-0.2, 0) is 11.8 Å². The molecule has 0 spiro atoms. The lowest BCUT2D eigenvalue weighted by Gasteiger charge is -2.20. The normalized spacial score (nSPS) is 11.7. The van der Waals surface area contributed by atoms with Crippen molar-refractivity contribution in [3.63, 3.8) is 0 Å². The van der Waals surface area contributed by atoms with Crippen LogP contribution in [0, 0.1) is 0 Å². The van der Waals surface area contributed by atoms with Crippen LogP contribution in [-0.4, -0.2) is 10.2 Å². The SMILES string of the molecule is CCc1nnccc1C(C)(C)C. The van der Waals surface area contributed by atoms with Crippen molar-refractivity contribution in [3.05, 3.63) is 23.5 Å². The van der Waals surface area contributed by atoms with Crippen molar-refractivity contribution in [3.8, 4) is 0 Å². The first-order valence-corrected chi connectivity index (χ1v) is 4.36. The molecule has 1 rings (SSSR count). The Morgan fingerprint density at radius 3 is 2.42 bits per heavy atom. The van der Waals surface area contributed by atoms with Gasteiger partial charge in [-0.3, -0.25) is 0 Å². The largest absolute Gasteiger partial charge is 0.159 e. The average molecular weight is 164 g/mol. The molecule has 0 atom stereocenters. The Morgan fingerprint density at radius 1 is 1.33 bits per heavy atom. The summed E-state index contributed by atoms with van der Waals surface area (Å²) in [5.41, 5.74) is 2.60. The van der Waals surface area contributed by atoms with E-state index in [1.165, 1.54) is 5.56 Å². The van der Waals surface area contributed by atoms with Crippen LogP contribution in [0.2, 0.25) is 0 Å². The van der Waals surface area contributed by atoms with Crippen molar-refractivity contribution in [1.82, 2.24) is 10.2 Å². The van der Waals surface area contributed by atoms with E-state index < -0.39 is 0 Å². The molecule has 1 aromatic rings. The number of aryl methyl sites for hydroxylation is 1. The Hall–Kier alpha value is -0.920. The van der Waals surface area contributed by atoms with E-state index in [2.05, 4.69) is 44.0 Å². The van der Waals surface area contributed by atoms with Gasteiger partial charge in [0.2, 0.25) is 0 Å². The fourth-order valence-corrected chi connectivity index (χ4v) is 1.30. The van der Waals surface area contributed by atoms with Gasteiger partial charge in [-0.1, -0.05) is 27.7 Å². The van der Waals surface area contributed by atoms with Gasteiger partial charge in [-0.05, 0) is 23.5 Å². The predicted molar refractivity (Wildman–Crippen MR) is 50.1 cm³/mol. The van der Waals surface area contributed by atoms with Gasteiger partial charge in [-0.25, -0.2) is 0 Å². The van der Waals surface area contributed by atoms with E-state index in [9.17, 15) is 0 Å². The molecular weight excluding hydrogens is 148 g/mol. The van der Waals surface area contributed by atoms with Gasteiger partial charge < -0.3 is 0 Å². The highest BCUT2D eigenvalue weighted by Crippen LogP contribution is 2.23. The molecule has 0 aromatic carbocycles. The molecule has 0 saturated carbocycles. The summed E-state index contributed by atoms with van der Waals surface area (Å²) >= 11 is 0. The van der Waals surface area contributed by atoms with Crippen LogP contribution >= 0.6 is 0 Å². The minimum absolute atomic E-state index is 0.182. The Bertz CT molecular complexity index is 261. The zero-order valence-electron chi connectivity index (χ0n) is 8.26. The standard InChI is InChI=1S/C10H16N2/c1-5-9-8(10(2,3)4)6-7-11-12-9/h6-7H,5H2,1-4H3. The molecule has 12 heavy (non-hydrogen) atoms. The van der Waals surface area contributed by atoms with Crippen LogP contribution in [0.4, 0.5) is 0 Å². The van der Waals surface area contributed by atoms with Gasteiger partial charge in [-0.2, -0.15) is 10.2 Å². The molecule has 0 unspecified atom stereocenters. The molecule has 0 saturated heterocycles. The van der Waals surface area contributed by atoms with E-state index in [1.807, 2.05) is 0 Å². The molecule has 0 aliphatic carbocycles. The van der Waals surface area contributed by atoms with Crippen molar-refractivity contribution in [2.24, 2.45) is 0 Å². The third-order valence-corrected chi connectivity index (χ3v) is 1.94. The minimum atomic E-state index is 0.182. The highest BCUT2D eigenvalue weighted by molar-refractivity contribution is 5.25. The Balaban J connectivity index is 3.14. The zero-order chi connectivity index (χ0) is 9.19. The highest BCUT2D eigenvalue weighted by Gasteiger charge is 2.17. The Labute approximate surface area is 74.0 Å². The van der Waals surface area contributed by atoms with Gasteiger partial charge in [0.1, 0.15) is 0 Å². The second-order valence-electron chi connectivity index (χ2n) is 4.00. The first kappa shape index (κ1) is 9.17. The first-order valence-electron chi connectivity index (χ1n) is 4.36. The summed E-state index contributed by atoms with van der Waals surface area (Å²) in [6, 6.07) is 2.06. The number of hydrogen-bond acceptors (Lipinski definition) is 2. The molecule has 0 aliphatic rings. The monoisotopic (exact) mass is 164 g/mol. The molecule has 0 fully saturated rings. The fourth-order valence-electron chi connectivity index (χ4n) is 1.30. The summed E-state index contributed by atoms with van der Waals surface area (Å²) in [4.78, 5) is 0. The van der Waals surface area contributed by atoms with E-state index in [4.69, 9.17) is 0 Å². The van der Waals surface area contributed by atoms with Crippen LogP contribution in [0.5, 0.6) is 0 Å². The van der Waals surface area contributed by atoms with Crippen molar-refractivity contribution in [2.75, 3.05) is 0 Å². The summed E-state index contributed by atoms with van der Waals surface area (Å²) < 4.78 is 0. The van der Waals surface area contributed by atoms with Gasteiger partial charge in [0.25, 0.3) is 0 Å². The summed E-state index contributed by atoms with van der Waals surface area (Å²) in [6.45, 7) is 8.70. The fraction of sp³-hybridized carbons (Fsp3) is 0.600. The van der Waals surface area contributed by atoms with Crippen LogP contribution in [0.3, 0.4) is 0 Å². The van der Waals surface area contributed by atoms with Crippen molar-refractivity contribution >= 4 is 0 Å². The minimum Gasteiger partial charge on any atom is -0.159 e. The maximum absolute atomic E-state index is 4.11. The van der Waals surface area contributed by atoms with E-state index in [-0.39, 0.29) is 5.41 Å². The molecular formula is C10H16N2. The van der Waals surface area contributed by atoms with Gasteiger partial charge in [-0.15, -0.1) is 0 Å². The smallest absolute Gasteiger partial charge is 0.0665 e. The Morgan fingerprint density at radius 2 is 2.00 bits per heavy atom. The molecule has 0 amide bonds. The lowest BCUT2D eigenvalue weighted by molar-refractivity contribution is 0.574. The molecule has 0 bridgehead atoms. The third-order valence-electron chi connectivity index (χ3n) is 1.94. The van der Waals surface area contributed by atoms with E-state index in [1.54, 1.807) is 6.20 Å². The van der Waals surface area contributed by atoms with Crippen molar-refractivity contribution in [1.29, 1.82) is 0 Å². The average Bonchev–Trinajstić information content (AvgIpc) is 2.03. The van der Waals surface area contributed by atoms with Crippen LogP contribution in [0.15, 0.2) is 12.3 Å². The lowest BCUT2D eigenvalue weighted by Crippen LogP contribution is -2.15. The molecule has 1 heterocycles. The lowest BCUT2D eigenvalue weighted by atomic mass is 9.86.